The number of hydrogen-bond donors (Lipinski definition) is 2. The number of para-hydroxylation sites is 1. The molecule has 0 aliphatic rings. The molecule has 4 N–H and O–H groups in total. The lowest BCUT2D eigenvalue weighted by Crippen LogP contribution is -2.17. The number of aryl methyl sites for hydroxylation is 1. The van der Waals surface area contributed by atoms with Gasteiger partial charge in [-0.05, 0) is 36.8 Å². The lowest BCUT2D eigenvalue weighted by molar-refractivity contribution is 0.583. The molecule has 0 aliphatic heterocycles. The van der Waals surface area contributed by atoms with Crippen molar-refractivity contribution in [3.63, 3.8) is 0 Å². The summed E-state index contributed by atoms with van der Waals surface area (Å²) in [6.07, 6.45) is 0. The number of nitrogens with two attached hydrogens (primary N) is 2. The first kappa shape index (κ1) is 15.5. The van der Waals surface area contributed by atoms with Gasteiger partial charge >= 0.3 is 0 Å². The van der Waals surface area contributed by atoms with Crippen molar-refractivity contribution in [3.8, 4) is 0 Å². The monoisotopic (exact) mass is 326 g/mol. The number of anilines is 1. The van der Waals surface area contributed by atoms with E-state index in [1.807, 2.05) is 0 Å². The van der Waals surface area contributed by atoms with Crippen LogP contribution in [0.4, 0.5) is 5.69 Å². The molecule has 21 heavy (non-hydrogen) atoms. The van der Waals surface area contributed by atoms with Gasteiger partial charge in [0.25, 0.3) is 0 Å². The number of benzene rings is 2. The van der Waals surface area contributed by atoms with Crippen molar-refractivity contribution in [1.82, 2.24) is 0 Å². The largest absolute Gasteiger partial charge is 0.398 e. The number of primary sulfonamides is 1. The second-order valence-electron chi connectivity index (χ2n) is 4.54. The molecule has 0 unspecified atom stereocenters. The second-order valence-corrected chi connectivity index (χ2v) is 7.95. The number of sulfone groups is 1. The maximum Gasteiger partial charge on any atom is 0.239 e. The Morgan fingerprint density at radius 2 is 1.48 bits per heavy atom. The van der Waals surface area contributed by atoms with Crippen molar-refractivity contribution in [2.24, 2.45) is 5.14 Å². The highest BCUT2D eigenvalue weighted by Crippen LogP contribution is 2.30. The summed E-state index contributed by atoms with van der Waals surface area (Å²) in [6, 6.07) is 9.77. The molecule has 0 atom stereocenters. The van der Waals surface area contributed by atoms with Gasteiger partial charge in [-0.3, -0.25) is 0 Å². The summed E-state index contributed by atoms with van der Waals surface area (Å²) in [6.45, 7) is 1.65. The number of rotatable bonds is 3. The standard InChI is InChI=1S/C13H14N2O4S2/c1-9-6-7-12(21(15,18)19)13(8-9)20(16,17)11-5-3-2-4-10(11)14/h2-8H,14H2,1H3,(H2,15,18,19). The van der Waals surface area contributed by atoms with Crippen LogP contribution in [0, 0.1) is 6.92 Å². The van der Waals surface area contributed by atoms with Crippen LogP contribution in [0.15, 0.2) is 57.2 Å². The van der Waals surface area contributed by atoms with E-state index >= 15 is 0 Å². The van der Waals surface area contributed by atoms with Crippen molar-refractivity contribution in [2.75, 3.05) is 5.73 Å². The first-order valence-electron chi connectivity index (χ1n) is 5.87. The van der Waals surface area contributed by atoms with Crippen molar-refractivity contribution in [3.05, 3.63) is 48.0 Å². The summed E-state index contributed by atoms with van der Waals surface area (Å²) in [5, 5.41) is 5.10. The highest BCUT2D eigenvalue weighted by molar-refractivity contribution is 7.93. The first-order chi connectivity index (χ1) is 9.64. The van der Waals surface area contributed by atoms with Gasteiger partial charge < -0.3 is 5.73 Å². The van der Waals surface area contributed by atoms with Crippen LogP contribution < -0.4 is 10.9 Å². The van der Waals surface area contributed by atoms with Gasteiger partial charge in [0, 0.05) is 0 Å². The van der Waals surface area contributed by atoms with Crippen LogP contribution in [-0.4, -0.2) is 16.8 Å². The number of nitrogen functional groups attached to an aromatic ring is 1. The van der Waals surface area contributed by atoms with Crippen LogP contribution >= 0.6 is 0 Å². The van der Waals surface area contributed by atoms with Crippen LogP contribution in [0.2, 0.25) is 0 Å². The van der Waals surface area contributed by atoms with E-state index in [2.05, 4.69) is 0 Å². The highest BCUT2D eigenvalue weighted by atomic mass is 32.2. The van der Waals surface area contributed by atoms with Gasteiger partial charge in [-0.1, -0.05) is 18.2 Å². The Morgan fingerprint density at radius 3 is 2.05 bits per heavy atom. The molecule has 2 rings (SSSR count). The minimum atomic E-state index is -4.17. The van der Waals surface area contributed by atoms with E-state index in [1.165, 1.54) is 36.4 Å². The zero-order chi connectivity index (χ0) is 15.8. The molecule has 0 fully saturated rings. The van der Waals surface area contributed by atoms with Gasteiger partial charge in [0.05, 0.1) is 15.5 Å². The molecular weight excluding hydrogens is 312 g/mol. The first-order valence-corrected chi connectivity index (χ1v) is 8.90. The Bertz CT molecular complexity index is 904. The number of sulfonamides is 1. The van der Waals surface area contributed by atoms with E-state index < -0.39 is 24.8 Å². The summed E-state index contributed by atoms with van der Waals surface area (Å²) in [7, 11) is -8.26. The fourth-order valence-electron chi connectivity index (χ4n) is 1.90. The third-order valence-electron chi connectivity index (χ3n) is 2.90. The minimum absolute atomic E-state index is 0.0411. The van der Waals surface area contributed by atoms with E-state index in [0.717, 1.165) is 0 Å². The van der Waals surface area contributed by atoms with Crippen molar-refractivity contribution in [2.45, 2.75) is 21.6 Å². The Kier molecular flexibility index (Phi) is 3.79. The predicted molar refractivity (Wildman–Crippen MR) is 78.9 cm³/mol. The third-order valence-corrected chi connectivity index (χ3v) is 5.87. The molecule has 8 heteroatoms. The van der Waals surface area contributed by atoms with Gasteiger partial charge in [0.1, 0.15) is 4.90 Å². The summed E-state index contributed by atoms with van der Waals surface area (Å²) in [5.41, 5.74) is 6.32. The molecule has 2 aromatic carbocycles. The van der Waals surface area contributed by atoms with Crippen molar-refractivity contribution in [1.29, 1.82) is 0 Å². The molecule has 0 bridgehead atoms. The molecule has 0 aliphatic carbocycles. The van der Waals surface area contributed by atoms with Gasteiger partial charge in [-0.25, -0.2) is 22.0 Å². The van der Waals surface area contributed by atoms with Crippen LogP contribution in [0.1, 0.15) is 5.56 Å². The second kappa shape index (κ2) is 5.14. The molecule has 0 spiro atoms. The number of hydrogen-bond acceptors (Lipinski definition) is 5. The van der Waals surface area contributed by atoms with Crippen molar-refractivity contribution >= 4 is 25.5 Å². The third kappa shape index (κ3) is 2.92. The van der Waals surface area contributed by atoms with Crippen LogP contribution in [0.25, 0.3) is 0 Å². The normalized spacial score (nSPS) is 12.3. The van der Waals surface area contributed by atoms with E-state index in [-0.39, 0.29) is 15.5 Å². The molecule has 0 amide bonds. The van der Waals surface area contributed by atoms with E-state index in [9.17, 15) is 16.8 Å². The fraction of sp³-hybridized carbons (Fsp3) is 0.0769. The summed E-state index contributed by atoms with van der Waals surface area (Å²) in [5.74, 6) is 0. The average molecular weight is 326 g/mol. The van der Waals surface area contributed by atoms with Crippen LogP contribution in [0.5, 0.6) is 0 Å². The van der Waals surface area contributed by atoms with Gasteiger partial charge in [0.2, 0.25) is 19.9 Å². The fourth-order valence-corrected chi connectivity index (χ4v) is 4.73. The zero-order valence-corrected chi connectivity index (χ0v) is 12.8. The van der Waals surface area contributed by atoms with Gasteiger partial charge in [-0.15, -0.1) is 0 Å². The van der Waals surface area contributed by atoms with E-state index in [1.54, 1.807) is 13.0 Å². The predicted octanol–water partition coefficient (Wildman–Crippen LogP) is 1.06. The summed E-state index contributed by atoms with van der Waals surface area (Å²) >= 11 is 0. The molecule has 6 nitrogen and oxygen atoms in total. The quantitative estimate of drug-likeness (QED) is 0.817. The Labute approximate surface area is 123 Å². The molecule has 0 saturated heterocycles. The SMILES string of the molecule is Cc1ccc(S(N)(=O)=O)c(S(=O)(=O)c2ccccc2N)c1. The smallest absolute Gasteiger partial charge is 0.239 e. The van der Waals surface area contributed by atoms with E-state index in [4.69, 9.17) is 10.9 Å². The molecule has 0 aromatic heterocycles. The molecule has 0 heterocycles. The maximum atomic E-state index is 12.7. The van der Waals surface area contributed by atoms with Crippen molar-refractivity contribution < 1.29 is 16.8 Å². The Hall–Kier alpha value is -1.90. The summed E-state index contributed by atoms with van der Waals surface area (Å²) < 4.78 is 48.6. The molecule has 0 saturated carbocycles. The zero-order valence-electron chi connectivity index (χ0n) is 11.1. The topological polar surface area (TPSA) is 120 Å². The van der Waals surface area contributed by atoms with Crippen LogP contribution in [-0.2, 0) is 19.9 Å². The lowest BCUT2D eigenvalue weighted by atomic mass is 10.2. The Morgan fingerprint density at radius 1 is 0.857 bits per heavy atom. The molecule has 0 radical (unpaired) electrons. The highest BCUT2D eigenvalue weighted by Gasteiger charge is 2.27. The molecule has 2 aromatic rings. The van der Waals surface area contributed by atoms with Gasteiger partial charge in [0.15, 0.2) is 0 Å². The maximum absolute atomic E-state index is 12.7. The van der Waals surface area contributed by atoms with Crippen LogP contribution in [0.3, 0.4) is 0 Å². The van der Waals surface area contributed by atoms with E-state index in [0.29, 0.717) is 5.56 Å². The molecular formula is C13H14N2O4S2. The minimum Gasteiger partial charge on any atom is -0.398 e. The Balaban J connectivity index is 2.84. The van der Waals surface area contributed by atoms with Gasteiger partial charge in [-0.2, -0.15) is 0 Å². The lowest BCUT2D eigenvalue weighted by Gasteiger charge is -2.11. The average Bonchev–Trinajstić information content (AvgIpc) is 2.37. The molecule has 112 valence electrons. The summed E-state index contributed by atoms with van der Waals surface area (Å²) in [4.78, 5) is -0.972.